The highest BCUT2D eigenvalue weighted by Gasteiger charge is 2.12. The fourth-order valence-electron chi connectivity index (χ4n) is 3.50. The van der Waals surface area contributed by atoms with Crippen molar-refractivity contribution in [3.63, 3.8) is 0 Å². The number of nitrogens with two attached hydrogens (primary N) is 1. The Morgan fingerprint density at radius 3 is 2.15 bits per heavy atom. The molecule has 0 bridgehead atoms. The van der Waals surface area contributed by atoms with Gasteiger partial charge in [-0.3, -0.25) is 0 Å². The average molecular weight is 335 g/mol. The summed E-state index contributed by atoms with van der Waals surface area (Å²) in [5.74, 6) is 0. The van der Waals surface area contributed by atoms with Crippen LogP contribution in [0.15, 0.2) is 95.4 Å². The fourth-order valence-corrected chi connectivity index (χ4v) is 3.50. The fraction of sp³-hybridized carbons (Fsp3) is 0. The zero-order valence-corrected chi connectivity index (χ0v) is 14.1. The maximum atomic E-state index is 6.23. The number of benzene rings is 4. The van der Waals surface area contributed by atoms with Crippen LogP contribution in [0.4, 0.5) is 5.69 Å². The van der Waals surface area contributed by atoms with Gasteiger partial charge in [-0.1, -0.05) is 66.7 Å². The summed E-state index contributed by atoms with van der Waals surface area (Å²) in [6, 6.07) is 31.0. The van der Waals surface area contributed by atoms with Crippen LogP contribution in [0.25, 0.3) is 44.2 Å². The number of rotatable bonds is 2. The Balaban J connectivity index is 1.74. The summed E-state index contributed by atoms with van der Waals surface area (Å²) < 4.78 is 6.23. The molecule has 1 heterocycles. The third-order valence-corrected chi connectivity index (χ3v) is 4.83. The highest BCUT2D eigenvalue weighted by atomic mass is 16.3. The van der Waals surface area contributed by atoms with Crippen LogP contribution in [0.3, 0.4) is 0 Å². The monoisotopic (exact) mass is 335 g/mol. The molecule has 0 saturated carbocycles. The minimum Gasteiger partial charge on any atom is -0.455 e. The highest BCUT2D eigenvalue weighted by Crippen LogP contribution is 2.37. The van der Waals surface area contributed by atoms with E-state index in [1.165, 1.54) is 0 Å². The van der Waals surface area contributed by atoms with E-state index < -0.39 is 0 Å². The molecule has 0 atom stereocenters. The molecule has 4 aromatic carbocycles. The van der Waals surface area contributed by atoms with Gasteiger partial charge in [0.05, 0.1) is 0 Å². The minimum atomic E-state index is 0.774. The van der Waals surface area contributed by atoms with Crippen LogP contribution in [-0.2, 0) is 0 Å². The Morgan fingerprint density at radius 1 is 0.577 bits per heavy atom. The summed E-state index contributed by atoms with van der Waals surface area (Å²) in [7, 11) is 0. The maximum Gasteiger partial charge on any atom is 0.143 e. The van der Waals surface area contributed by atoms with Crippen molar-refractivity contribution in [2.24, 2.45) is 0 Å². The maximum absolute atomic E-state index is 6.23. The molecule has 0 aliphatic carbocycles. The van der Waals surface area contributed by atoms with Crippen LogP contribution in [0.2, 0.25) is 0 Å². The molecule has 124 valence electrons. The van der Waals surface area contributed by atoms with Gasteiger partial charge in [-0.05, 0) is 41.0 Å². The number of para-hydroxylation sites is 1. The number of hydrogen-bond donors (Lipinski definition) is 1. The van der Waals surface area contributed by atoms with Crippen LogP contribution < -0.4 is 5.73 Å². The molecule has 0 fully saturated rings. The van der Waals surface area contributed by atoms with E-state index in [2.05, 4.69) is 60.7 Å². The van der Waals surface area contributed by atoms with Gasteiger partial charge in [0.25, 0.3) is 0 Å². The van der Waals surface area contributed by atoms with Crippen molar-refractivity contribution in [2.45, 2.75) is 0 Å². The summed E-state index contributed by atoms with van der Waals surface area (Å²) in [5.41, 5.74) is 13.0. The Labute approximate surface area is 151 Å². The van der Waals surface area contributed by atoms with Gasteiger partial charge in [0.1, 0.15) is 11.2 Å². The molecule has 2 N–H and O–H groups in total. The minimum absolute atomic E-state index is 0.774. The lowest BCUT2D eigenvalue weighted by Gasteiger charge is -2.03. The Kier molecular flexibility index (Phi) is 3.29. The second-order valence-electron chi connectivity index (χ2n) is 6.48. The molecular formula is C24H17NO. The average Bonchev–Trinajstić information content (AvgIpc) is 3.07. The Bertz CT molecular complexity index is 1220. The number of anilines is 1. The first-order chi connectivity index (χ1) is 12.8. The second-order valence-corrected chi connectivity index (χ2v) is 6.48. The van der Waals surface area contributed by atoms with Gasteiger partial charge < -0.3 is 10.2 Å². The lowest BCUT2D eigenvalue weighted by Crippen LogP contribution is -1.83. The topological polar surface area (TPSA) is 39.2 Å². The van der Waals surface area contributed by atoms with E-state index in [4.69, 9.17) is 10.2 Å². The van der Waals surface area contributed by atoms with Crippen LogP contribution in [0, 0.1) is 0 Å². The van der Waals surface area contributed by atoms with E-state index >= 15 is 0 Å². The van der Waals surface area contributed by atoms with E-state index in [1.54, 1.807) is 0 Å². The molecule has 0 aliphatic heterocycles. The summed E-state index contributed by atoms with van der Waals surface area (Å²) in [4.78, 5) is 0. The van der Waals surface area contributed by atoms with Crippen molar-refractivity contribution < 1.29 is 4.42 Å². The molecule has 0 saturated heterocycles. The molecule has 2 nitrogen and oxygen atoms in total. The molecule has 5 rings (SSSR count). The van der Waals surface area contributed by atoms with E-state index in [0.29, 0.717) is 0 Å². The van der Waals surface area contributed by atoms with Crippen LogP contribution in [0.5, 0.6) is 0 Å². The number of furan rings is 1. The van der Waals surface area contributed by atoms with Gasteiger partial charge in [-0.15, -0.1) is 0 Å². The van der Waals surface area contributed by atoms with Crippen molar-refractivity contribution in [1.29, 1.82) is 0 Å². The molecule has 26 heavy (non-hydrogen) atoms. The normalized spacial score (nSPS) is 11.2. The summed E-state index contributed by atoms with van der Waals surface area (Å²) >= 11 is 0. The predicted octanol–water partition coefficient (Wildman–Crippen LogP) is 6.50. The van der Waals surface area contributed by atoms with Crippen LogP contribution in [0.1, 0.15) is 0 Å². The van der Waals surface area contributed by atoms with Crippen molar-refractivity contribution >= 4 is 27.6 Å². The standard InChI is InChI=1S/C24H17NO/c25-19-12-9-16(10-13-19)18-11-14-23-22(15-18)21-8-4-7-20(24(21)26-23)17-5-2-1-3-6-17/h1-15H,25H2. The zero-order chi connectivity index (χ0) is 17.5. The van der Waals surface area contributed by atoms with Gasteiger partial charge >= 0.3 is 0 Å². The number of nitrogen functional groups attached to an aromatic ring is 1. The number of hydrogen-bond acceptors (Lipinski definition) is 2. The lowest BCUT2D eigenvalue weighted by atomic mass is 10.00. The van der Waals surface area contributed by atoms with Crippen molar-refractivity contribution in [3.8, 4) is 22.3 Å². The van der Waals surface area contributed by atoms with Gasteiger partial charge in [0, 0.05) is 22.0 Å². The van der Waals surface area contributed by atoms with Crippen molar-refractivity contribution in [2.75, 3.05) is 5.73 Å². The first kappa shape index (κ1) is 14.8. The van der Waals surface area contributed by atoms with E-state index in [-0.39, 0.29) is 0 Å². The molecule has 1 aromatic heterocycles. The number of fused-ring (bicyclic) bond motifs is 3. The first-order valence-electron chi connectivity index (χ1n) is 8.66. The summed E-state index contributed by atoms with van der Waals surface area (Å²) in [6.07, 6.45) is 0. The first-order valence-corrected chi connectivity index (χ1v) is 8.66. The highest BCUT2D eigenvalue weighted by molar-refractivity contribution is 6.10. The molecule has 0 aliphatic rings. The van der Waals surface area contributed by atoms with E-state index in [1.807, 2.05) is 30.3 Å². The smallest absolute Gasteiger partial charge is 0.143 e. The summed E-state index contributed by atoms with van der Waals surface area (Å²) in [5, 5.41) is 2.27. The Hall–Kier alpha value is -3.52. The lowest BCUT2D eigenvalue weighted by molar-refractivity contribution is 0.670. The van der Waals surface area contributed by atoms with Gasteiger partial charge in [0.2, 0.25) is 0 Å². The third kappa shape index (κ3) is 2.35. The van der Waals surface area contributed by atoms with Crippen molar-refractivity contribution in [1.82, 2.24) is 0 Å². The van der Waals surface area contributed by atoms with Gasteiger partial charge in [-0.25, -0.2) is 0 Å². The SMILES string of the molecule is Nc1ccc(-c2ccc3oc4c(-c5ccccc5)cccc4c3c2)cc1. The molecule has 0 radical (unpaired) electrons. The largest absolute Gasteiger partial charge is 0.455 e. The Morgan fingerprint density at radius 2 is 1.35 bits per heavy atom. The predicted molar refractivity (Wildman–Crippen MR) is 109 cm³/mol. The molecule has 2 heteroatoms. The molecule has 0 amide bonds. The molecule has 0 unspecified atom stereocenters. The van der Waals surface area contributed by atoms with Crippen LogP contribution in [-0.4, -0.2) is 0 Å². The van der Waals surface area contributed by atoms with Crippen molar-refractivity contribution in [3.05, 3.63) is 91.0 Å². The van der Waals surface area contributed by atoms with E-state index in [0.717, 1.165) is 49.9 Å². The van der Waals surface area contributed by atoms with Crippen LogP contribution >= 0.6 is 0 Å². The van der Waals surface area contributed by atoms with Gasteiger partial charge in [0.15, 0.2) is 0 Å². The summed E-state index contributed by atoms with van der Waals surface area (Å²) in [6.45, 7) is 0. The quantitative estimate of drug-likeness (QED) is 0.374. The zero-order valence-electron chi connectivity index (χ0n) is 14.1. The third-order valence-electron chi connectivity index (χ3n) is 4.83. The molecule has 5 aromatic rings. The van der Waals surface area contributed by atoms with E-state index in [9.17, 15) is 0 Å². The van der Waals surface area contributed by atoms with Gasteiger partial charge in [-0.2, -0.15) is 0 Å². The second kappa shape index (κ2) is 5.78. The molecule has 0 spiro atoms. The molecular weight excluding hydrogens is 318 g/mol.